The number of nitrogens with two attached hydrogens (primary N) is 1. The van der Waals surface area contributed by atoms with Crippen LogP contribution in [0, 0.1) is 5.92 Å². The van der Waals surface area contributed by atoms with Crippen molar-refractivity contribution in [3.63, 3.8) is 0 Å². The molecule has 0 heterocycles. The quantitative estimate of drug-likeness (QED) is 0.843. The molecule has 3 atom stereocenters. The molecule has 0 spiro atoms. The highest BCUT2D eigenvalue weighted by molar-refractivity contribution is 6.30. The van der Waals surface area contributed by atoms with Gasteiger partial charge in [0.1, 0.15) is 0 Å². The Hall–Kier alpha value is -1.06. The molecule has 0 saturated heterocycles. The van der Waals surface area contributed by atoms with Crippen LogP contribution < -0.4 is 11.1 Å². The molecule has 1 rings (SSSR count). The standard InChI is InChI=1S/C15H23ClN2O/c1-4-10(2)14(17)15(19)18-11(3)9-12-5-7-13(16)8-6-12/h5-8,10-11,14H,4,9,17H2,1-3H3,(H,18,19)/t10-,11?,14-/m0/s1. The Morgan fingerprint density at radius 2 is 1.89 bits per heavy atom. The molecule has 1 aromatic rings. The number of benzene rings is 1. The molecular weight excluding hydrogens is 260 g/mol. The Balaban J connectivity index is 2.48. The first kappa shape index (κ1) is 16.0. The van der Waals surface area contributed by atoms with Gasteiger partial charge in [-0.3, -0.25) is 4.79 Å². The summed E-state index contributed by atoms with van der Waals surface area (Å²) in [7, 11) is 0. The number of halogens is 1. The third-order valence-corrected chi connectivity index (χ3v) is 3.66. The van der Waals surface area contributed by atoms with Gasteiger partial charge >= 0.3 is 0 Å². The number of hydrogen-bond acceptors (Lipinski definition) is 2. The van der Waals surface area contributed by atoms with Gasteiger partial charge in [-0.1, -0.05) is 44.0 Å². The first-order valence-corrected chi connectivity index (χ1v) is 7.12. The summed E-state index contributed by atoms with van der Waals surface area (Å²) in [6, 6.07) is 7.28. The van der Waals surface area contributed by atoms with Crippen molar-refractivity contribution in [2.75, 3.05) is 0 Å². The zero-order valence-electron chi connectivity index (χ0n) is 11.8. The van der Waals surface area contributed by atoms with E-state index in [0.717, 1.165) is 23.4 Å². The van der Waals surface area contributed by atoms with Crippen LogP contribution >= 0.6 is 11.6 Å². The van der Waals surface area contributed by atoms with Crippen molar-refractivity contribution < 1.29 is 4.79 Å². The maximum absolute atomic E-state index is 11.9. The van der Waals surface area contributed by atoms with Gasteiger partial charge in [-0.05, 0) is 37.0 Å². The molecule has 3 nitrogen and oxygen atoms in total. The number of carbonyl (C=O) groups is 1. The lowest BCUT2D eigenvalue weighted by Crippen LogP contribution is -2.48. The first-order valence-electron chi connectivity index (χ1n) is 6.74. The fourth-order valence-corrected chi connectivity index (χ4v) is 2.00. The number of carbonyl (C=O) groups excluding carboxylic acids is 1. The zero-order chi connectivity index (χ0) is 14.4. The fraction of sp³-hybridized carbons (Fsp3) is 0.533. The Morgan fingerprint density at radius 3 is 2.42 bits per heavy atom. The summed E-state index contributed by atoms with van der Waals surface area (Å²) >= 11 is 5.84. The normalized spacial score (nSPS) is 15.6. The van der Waals surface area contributed by atoms with Crippen LogP contribution in [-0.4, -0.2) is 18.0 Å². The van der Waals surface area contributed by atoms with E-state index in [4.69, 9.17) is 17.3 Å². The van der Waals surface area contributed by atoms with Gasteiger partial charge in [-0.25, -0.2) is 0 Å². The SMILES string of the molecule is CC[C@H](C)[C@H](N)C(=O)NC(C)Cc1ccc(Cl)cc1. The van der Waals surface area contributed by atoms with Gasteiger partial charge in [0.15, 0.2) is 0 Å². The predicted molar refractivity (Wildman–Crippen MR) is 80.2 cm³/mol. The van der Waals surface area contributed by atoms with Crippen LogP contribution in [0.15, 0.2) is 24.3 Å². The third kappa shape index (κ3) is 5.21. The molecule has 0 aliphatic heterocycles. The summed E-state index contributed by atoms with van der Waals surface area (Å²) in [5.41, 5.74) is 7.05. The second-order valence-corrected chi connectivity index (χ2v) is 5.59. The lowest BCUT2D eigenvalue weighted by Gasteiger charge is -2.21. The number of rotatable bonds is 6. The second kappa shape index (κ2) is 7.51. The average Bonchev–Trinajstić information content (AvgIpc) is 2.39. The van der Waals surface area contributed by atoms with Crippen LogP contribution in [0.4, 0.5) is 0 Å². The van der Waals surface area contributed by atoms with E-state index in [2.05, 4.69) is 5.32 Å². The van der Waals surface area contributed by atoms with E-state index in [1.807, 2.05) is 45.0 Å². The average molecular weight is 283 g/mol. The van der Waals surface area contributed by atoms with Crippen molar-refractivity contribution in [1.82, 2.24) is 5.32 Å². The van der Waals surface area contributed by atoms with E-state index in [-0.39, 0.29) is 17.9 Å². The summed E-state index contributed by atoms with van der Waals surface area (Å²) < 4.78 is 0. The van der Waals surface area contributed by atoms with Gasteiger partial charge in [-0.2, -0.15) is 0 Å². The molecule has 0 saturated carbocycles. The van der Waals surface area contributed by atoms with Crippen molar-refractivity contribution in [3.8, 4) is 0 Å². The van der Waals surface area contributed by atoms with Crippen molar-refractivity contribution in [2.24, 2.45) is 11.7 Å². The molecular formula is C15H23ClN2O. The maximum atomic E-state index is 11.9. The van der Waals surface area contributed by atoms with Gasteiger partial charge < -0.3 is 11.1 Å². The molecule has 1 amide bonds. The second-order valence-electron chi connectivity index (χ2n) is 5.15. The highest BCUT2D eigenvalue weighted by atomic mass is 35.5. The molecule has 19 heavy (non-hydrogen) atoms. The van der Waals surface area contributed by atoms with Crippen LogP contribution in [0.1, 0.15) is 32.8 Å². The molecule has 0 fully saturated rings. The lowest BCUT2D eigenvalue weighted by molar-refractivity contribution is -0.124. The molecule has 1 aromatic carbocycles. The minimum Gasteiger partial charge on any atom is -0.352 e. The van der Waals surface area contributed by atoms with E-state index in [0.29, 0.717) is 0 Å². The summed E-state index contributed by atoms with van der Waals surface area (Å²) in [5.74, 6) is 0.124. The van der Waals surface area contributed by atoms with Gasteiger partial charge in [0.25, 0.3) is 0 Å². The van der Waals surface area contributed by atoms with Crippen molar-refractivity contribution >= 4 is 17.5 Å². The van der Waals surface area contributed by atoms with Crippen LogP contribution in [0.3, 0.4) is 0 Å². The lowest BCUT2D eigenvalue weighted by atomic mass is 9.98. The summed E-state index contributed by atoms with van der Waals surface area (Å²) in [4.78, 5) is 11.9. The number of nitrogens with one attached hydrogen (secondary N) is 1. The maximum Gasteiger partial charge on any atom is 0.237 e. The van der Waals surface area contributed by atoms with E-state index in [1.165, 1.54) is 0 Å². The molecule has 0 radical (unpaired) electrons. The minimum atomic E-state index is -0.433. The van der Waals surface area contributed by atoms with Gasteiger partial charge in [0, 0.05) is 11.1 Å². The summed E-state index contributed by atoms with van der Waals surface area (Å²) in [5, 5.41) is 3.68. The van der Waals surface area contributed by atoms with E-state index in [1.54, 1.807) is 0 Å². The Morgan fingerprint density at radius 1 is 1.32 bits per heavy atom. The smallest absolute Gasteiger partial charge is 0.237 e. The highest BCUT2D eigenvalue weighted by Crippen LogP contribution is 2.11. The fourth-order valence-electron chi connectivity index (χ4n) is 1.88. The monoisotopic (exact) mass is 282 g/mol. The topological polar surface area (TPSA) is 55.1 Å². The molecule has 4 heteroatoms. The van der Waals surface area contributed by atoms with Crippen LogP contribution in [0.25, 0.3) is 0 Å². The van der Waals surface area contributed by atoms with Gasteiger partial charge in [-0.15, -0.1) is 0 Å². The van der Waals surface area contributed by atoms with Crippen LogP contribution in [0.2, 0.25) is 5.02 Å². The predicted octanol–water partition coefficient (Wildman–Crippen LogP) is 2.76. The van der Waals surface area contributed by atoms with Gasteiger partial charge in [0.2, 0.25) is 5.91 Å². The largest absolute Gasteiger partial charge is 0.352 e. The number of hydrogen-bond donors (Lipinski definition) is 2. The molecule has 0 aliphatic rings. The molecule has 3 N–H and O–H groups in total. The van der Waals surface area contributed by atoms with Crippen molar-refractivity contribution in [1.29, 1.82) is 0 Å². The summed E-state index contributed by atoms with van der Waals surface area (Å²) in [6.07, 6.45) is 1.68. The van der Waals surface area contributed by atoms with Crippen molar-refractivity contribution in [3.05, 3.63) is 34.9 Å². The van der Waals surface area contributed by atoms with Crippen molar-refractivity contribution in [2.45, 2.75) is 45.7 Å². The van der Waals surface area contributed by atoms with Crippen LogP contribution in [-0.2, 0) is 11.2 Å². The Kier molecular flexibility index (Phi) is 6.32. The van der Waals surface area contributed by atoms with E-state index in [9.17, 15) is 4.79 Å². The zero-order valence-corrected chi connectivity index (χ0v) is 12.6. The summed E-state index contributed by atoms with van der Waals surface area (Å²) in [6.45, 7) is 6.01. The van der Waals surface area contributed by atoms with E-state index < -0.39 is 6.04 Å². The third-order valence-electron chi connectivity index (χ3n) is 3.40. The van der Waals surface area contributed by atoms with Crippen LogP contribution in [0.5, 0.6) is 0 Å². The van der Waals surface area contributed by atoms with Gasteiger partial charge in [0.05, 0.1) is 6.04 Å². The minimum absolute atomic E-state index is 0.0591. The Bertz CT molecular complexity index is 405. The molecule has 0 aromatic heterocycles. The molecule has 0 bridgehead atoms. The molecule has 106 valence electrons. The molecule has 1 unspecified atom stereocenters. The highest BCUT2D eigenvalue weighted by Gasteiger charge is 2.20. The van der Waals surface area contributed by atoms with E-state index >= 15 is 0 Å². The molecule has 0 aliphatic carbocycles. The Labute approximate surface area is 120 Å². The number of amides is 1. The first-order chi connectivity index (χ1) is 8.93.